The van der Waals surface area contributed by atoms with Crippen LogP contribution in [0.3, 0.4) is 0 Å². The third kappa shape index (κ3) is 3.82. The molecule has 20 heavy (non-hydrogen) atoms. The molecule has 1 atom stereocenters. The molecular weight excluding hydrogens is 320 g/mol. The minimum atomic E-state index is -0.113. The highest BCUT2D eigenvalue weighted by atomic mass is 79.9. The fourth-order valence-electron chi connectivity index (χ4n) is 2.45. The summed E-state index contributed by atoms with van der Waals surface area (Å²) >= 11 is 3.38. The molecule has 0 bridgehead atoms. The van der Waals surface area contributed by atoms with Crippen molar-refractivity contribution in [2.45, 2.75) is 26.2 Å². The minimum absolute atomic E-state index is 0.00305. The van der Waals surface area contributed by atoms with Gasteiger partial charge in [-0.05, 0) is 31.0 Å². The van der Waals surface area contributed by atoms with Crippen molar-refractivity contribution in [2.75, 3.05) is 18.4 Å². The minimum Gasteiger partial charge on any atom is -0.342 e. The number of rotatable bonds is 3. The lowest BCUT2D eigenvalue weighted by molar-refractivity contribution is -0.134. The van der Waals surface area contributed by atoms with Crippen LogP contribution in [0.2, 0.25) is 0 Å². The van der Waals surface area contributed by atoms with Crippen LogP contribution in [0.25, 0.3) is 0 Å². The molecule has 1 aliphatic heterocycles. The molecule has 108 valence electrons. The first kappa shape index (κ1) is 15.0. The molecule has 0 spiro atoms. The van der Waals surface area contributed by atoms with Gasteiger partial charge in [0.2, 0.25) is 11.8 Å². The summed E-state index contributed by atoms with van der Waals surface area (Å²) in [7, 11) is 0. The zero-order chi connectivity index (χ0) is 14.5. The van der Waals surface area contributed by atoms with E-state index in [1.165, 1.54) is 0 Å². The van der Waals surface area contributed by atoms with E-state index >= 15 is 0 Å². The standard InChI is InChI=1S/C15H19BrN2O2/c1-2-14(19)18-8-4-5-11(10-18)15(20)17-13-7-3-6-12(16)9-13/h3,6-7,9,11H,2,4-5,8,10H2,1H3,(H,17,20). The number of hydrogen-bond donors (Lipinski definition) is 1. The van der Waals surface area contributed by atoms with E-state index in [0.29, 0.717) is 13.0 Å². The van der Waals surface area contributed by atoms with Gasteiger partial charge in [0.25, 0.3) is 0 Å². The maximum Gasteiger partial charge on any atom is 0.229 e. The topological polar surface area (TPSA) is 49.4 Å². The van der Waals surface area contributed by atoms with Crippen molar-refractivity contribution >= 4 is 33.4 Å². The number of piperidine rings is 1. The zero-order valence-corrected chi connectivity index (χ0v) is 13.1. The predicted molar refractivity (Wildman–Crippen MR) is 82.4 cm³/mol. The summed E-state index contributed by atoms with van der Waals surface area (Å²) in [6.07, 6.45) is 2.23. The Hall–Kier alpha value is -1.36. The Bertz CT molecular complexity index is 504. The van der Waals surface area contributed by atoms with Crippen molar-refractivity contribution in [2.24, 2.45) is 5.92 Å². The molecule has 1 aromatic carbocycles. The Morgan fingerprint density at radius 3 is 2.95 bits per heavy atom. The zero-order valence-electron chi connectivity index (χ0n) is 11.6. The van der Waals surface area contributed by atoms with Gasteiger partial charge in [0.1, 0.15) is 0 Å². The van der Waals surface area contributed by atoms with E-state index in [9.17, 15) is 9.59 Å². The number of likely N-dealkylation sites (tertiary alicyclic amines) is 1. The van der Waals surface area contributed by atoms with Gasteiger partial charge in [-0.25, -0.2) is 0 Å². The van der Waals surface area contributed by atoms with Crippen molar-refractivity contribution in [1.29, 1.82) is 0 Å². The molecule has 1 N–H and O–H groups in total. The average molecular weight is 339 g/mol. The Morgan fingerprint density at radius 1 is 1.45 bits per heavy atom. The highest BCUT2D eigenvalue weighted by Crippen LogP contribution is 2.21. The largest absolute Gasteiger partial charge is 0.342 e. The smallest absolute Gasteiger partial charge is 0.229 e. The second-order valence-electron chi connectivity index (χ2n) is 5.03. The maximum absolute atomic E-state index is 12.3. The highest BCUT2D eigenvalue weighted by Gasteiger charge is 2.27. The number of carbonyl (C=O) groups excluding carboxylic acids is 2. The second-order valence-corrected chi connectivity index (χ2v) is 5.95. The SMILES string of the molecule is CCC(=O)N1CCCC(C(=O)Nc2cccc(Br)c2)C1. The first-order valence-corrected chi connectivity index (χ1v) is 7.73. The van der Waals surface area contributed by atoms with E-state index in [4.69, 9.17) is 0 Å². The van der Waals surface area contributed by atoms with Crippen LogP contribution in [-0.4, -0.2) is 29.8 Å². The van der Waals surface area contributed by atoms with Gasteiger partial charge in [-0.1, -0.05) is 28.9 Å². The van der Waals surface area contributed by atoms with Gasteiger partial charge >= 0.3 is 0 Å². The van der Waals surface area contributed by atoms with E-state index in [1.807, 2.05) is 31.2 Å². The van der Waals surface area contributed by atoms with Crippen LogP contribution < -0.4 is 5.32 Å². The van der Waals surface area contributed by atoms with Crippen LogP contribution in [0, 0.1) is 5.92 Å². The Kier molecular flexibility index (Phi) is 5.17. The number of nitrogens with one attached hydrogen (secondary N) is 1. The number of amides is 2. The molecular formula is C15H19BrN2O2. The number of carbonyl (C=O) groups is 2. The highest BCUT2D eigenvalue weighted by molar-refractivity contribution is 9.10. The normalized spacial score (nSPS) is 18.7. The molecule has 1 aromatic rings. The van der Waals surface area contributed by atoms with Crippen LogP contribution in [0.4, 0.5) is 5.69 Å². The Balaban J connectivity index is 1.97. The van der Waals surface area contributed by atoms with Crippen molar-refractivity contribution in [3.05, 3.63) is 28.7 Å². The lowest BCUT2D eigenvalue weighted by atomic mass is 9.96. The fourth-order valence-corrected chi connectivity index (χ4v) is 2.85. The van der Waals surface area contributed by atoms with Gasteiger partial charge in [-0.2, -0.15) is 0 Å². The summed E-state index contributed by atoms with van der Waals surface area (Å²) in [5.74, 6) is 0.0138. The molecule has 0 aliphatic carbocycles. The molecule has 1 aliphatic rings. The van der Waals surface area contributed by atoms with Gasteiger partial charge in [0, 0.05) is 29.7 Å². The summed E-state index contributed by atoms with van der Waals surface area (Å²) in [6, 6.07) is 7.53. The van der Waals surface area contributed by atoms with Crippen LogP contribution in [0.15, 0.2) is 28.7 Å². The van der Waals surface area contributed by atoms with E-state index in [-0.39, 0.29) is 17.7 Å². The Labute approximate surface area is 127 Å². The number of halogens is 1. The third-order valence-electron chi connectivity index (χ3n) is 3.54. The molecule has 1 saturated heterocycles. The lowest BCUT2D eigenvalue weighted by Crippen LogP contribution is -2.43. The van der Waals surface area contributed by atoms with E-state index in [2.05, 4.69) is 21.2 Å². The quantitative estimate of drug-likeness (QED) is 0.920. The molecule has 2 rings (SSSR count). The van der Waals surface area contributed by atoms with Crippen LogP contribution >= 0.6 is 15.9 Å². The van der Waals surface area contributed by atoms with E-state index < -0.39 is 0 Å². The Morgan fingerprint density at radius 2 is 2.25 bits per heavy atom. The third-order valence-corrected chi connectivity index (χ3v) is 4.03. The first-order chi connectivity index (χ1) is 9.60. The number of anilines is 1. The summed E-state index contributed by atoms with van der Waals surface area (Å²) < 4.78 is 0.932. The second kappa shape index (κ2) is 6.88. The van der Waals surface area contributed by atoms with Crippen molar-refractivity contribution in [1.82, 2.24) is 4.90 Å². The van der Waals surface area contributed by atoms with Crippen molar-refractivity contribution in [3.63, 3.8) is 0 Å². The first-order valence-electron chi connectivity index (χ1n) is 6.94. The summed E-state index contributed by atoms with van der Waals surface area (Å²) in [6.45, 7) is 3.16. The van der Waals surface area contributed by atoms with Gasteiger partial charge in [-0.15, -0.1) is 0 Å². The van der Waals surface area contributed by atoms with E-state index in [1.54, 1.807) is 4.90 Å². The van der Waals surface area contributed by atoms with Crippen LogP contribution in [-0.2, 0) is 9.59 Å². The molecule has 2 amide bonds. The van der Waals surface area contributed by atoms with Crippen LogP contribution in [0.1, 0.15) is 26.2 Å². The molecule has 0 saturated carbocycles. The molecule has 1 fully saturated rings. The van der Waals surface area contributed by atoms with Crippen LogP contribution in [0.5, 0.6) is 0 Å². The summed E-state index contributed by atoms with van der Waals surface area (Å²) in [5, 5.41) is 2.92. The predicted octanol–water partition coefficient (Wildman–Crippen LogP) is 3.04. The van der Waals surface area contributed by atoms with Gasteiger partial charge in [0.05, 0.1) is 5.92 Å². The molecule has 5 heteroatoms. The molecule has 0 aromatic heterocycles. The molecule has 1 unspecified atom stereocenters. The number of hydrogen-bond acceptors (Lipinski definition) is 2. The van der Waals surface area contributed by atoms with Crippen molar-refractivity contribution < 1.29 is 9.59 Å². The van der Waals surface area contributed by atoms with Crippen molar-refractivity contribution in [3.8, 4) is 0 Å². The maximum atomic E-state index is 12.3. The number of benzene rings is 1. The summed E-state index contributed by atoms with van der Waals surface area (Å²) in [4.78, 5) is 25.8. The number of nitrogens with zero attached hydrogens (tertiary/aromatic N) is 1. The average Bonchev–Trinajstić information content (AvgIpc) is 2.46. The molecule has 0 radical (unpaired) electrons. The molecule has 4 nitrogen and oxygen atoms in total. The lowest BCUT2D eigenvalue weighted by Gasteiger charge is -2.31. The van der Waals surface area contributed by atoms with E-state index in [0.717, 1.165) is 29.5 Å². The molecule has 1 heterocycles. The van der Waals surface area contributed by atoms with Gasteiger partial charge in [0.15, 0.2) is 0 Å². The summed E-state index contributed by atoms with van der Waals surface area (Å²) in [5.41, 5.74) is 0.781. The fraction of sp³-hybridized carbons (Fsp3) is 0.467. The monoisotopic (exact) mass is 338 g/mol. The van der Waals surface area contributed by atoms with Gasteiger partial charge in [-0.3, -0.25) is 9.59 Å². The van der Waals surface area contributed by atoms with Gasteiger partial charge < -0.3 is 10.2 Å².